The molecular weight excluding hydrogens is 249 g/mol. The average Bonchev–Trinajstić information content (AvgIpc) is 2.17. The highest BCUT2D eigenvalue weighted by Crippen LogP contribution is 2.13. The molecule has 1 heterocycles. The smallest absolute Gasteiger partial charge is 0.475 e. The van der Waals surface area contributed by atoms with Crippen molar-refractivity contribution in [1.82, 2.24) is 5.32 Å². The minimum absolute atomic E-state index is 0.0312. The molecule has 1 atom stereocenters. The van der Waals surface area contributed by atoms with Gasteiger partial charge < -0.3 is 10.4 Å². The molecule has 1 aliphatic heterocycles. The van der Waals surface area contributed by atoms with Crippen LogP contribution in [0.25, 0.3) is 0 Å². The standard InChI is InChI=1S/C5H10N2OS.C2HF3O2/c1-6-9-3-2-7-5(8)4-9;3-2(4,5)1(6)7/h2-4H2,1H3,(H,7,8);(H,6,7). The molecule has 1 amide bonds. The van der Waals surface area contributed by atoms with Crippen LogP contribution in [0.3, 0.4) is 0 Å². The van der Waals surface area contributed by atoms with E-state index in [0.29, 0.717) is 5.75 Å². The number of nitrogens with one attached hydrogen (secondary N) is 1. The highest BCUT2D eigenvalue weighted by atomic mass is 32.2. The topological polar surface area (TPSA) is 78.8 Å². The van der Waals surface area contributed by atoms with Gasteiger partial charge in [-0.25, -0.2) is 4.79 Å². The molecule has 0 saturated carbocycles. The molecule has 16 heavy (non-hydrogen) atoms. The van der Waals surface area contributed by atoms with Crippen molar-refractivity contribution >= 4 is 22.6 Å². The van der Waals surface area contributed by atoms with Crippen LogP contribution in [0.1, 0.15) is 0 Å². The molecular formula is C7H11F3N2O3S. The lowest BCUT2D eigenvalue weighted by Gasteiger charge is -2.13. The number of amides is 1. The fraction of sp³-hybridized carbons (Fsp3) is 0.714. The van der Waals surface area contributed by atoms with E-state index in [1.54, 1.807) is 7.05 Å². The second kappa shape index (κ2) is 6.46. The third-order valence-electron chi connectivity index (χ3n) is 1.46. The van der Waals surface area contributed by atoms with E-state index < -0.39 is 12.1 Å². The Labute approximate surface area is 92.1 Å². The maximum Gasteiger partial charge on any atom is 0.490 e. The van der Waals surface area contributed by atoms with E-state index in [-0.39, 0.29) is 16.6 Å². The molecule has 0 aromatic carbocycles. The van der Waals surface area contributed by atoms with Crippen LogP contribution in [-0.2, 0) is 20.3 Å². The molecule has 0 aliphatic carbocycles. The Bertz CT molecular complexity index is 304. The van der Waals surface area contributed by atoms with Crippen LogP contribution in [0.5, 0.6) is 0 Å². The van der Waals surface area contributed by atoms with Gasteiger partial charge in [0.15, 0.2) is 0 Å². The molecule has 2 N–H and O–H groups in total. The van der Waals surface area contributed by atoms with Crippen molar-refractivity contribution in [3.8, 4) is 0 Å². The molecule has 0 radical (unpaired) electrons. The normalized spacial score (nSPS) is 20.8. The lowest BCUT2D eigenvalue weighted by molar-refractivity contribution is -0.192. The number of carbonyl (C=O) groups is 2. The number of carbonyl (C=O) groups excluding carboxylic acids is 1. The third-order valence-corrected chi connectivity index (χ3v) is 3.25. The zero-order valence-electron chi connectivity index (χ0n) is 8.37. The molecule has 9 heteroatoms. The van der Waals surface area contributed by atoms with E-state index in [2.05, 4.69) is 9.68 Å². The summed E-state index contributed by atoms with van der Waals surface area (Å²) in [5.41, 5.74) is 0. The predicted octanol–water partition coefficient (Wildman–Crippen LogP) is 0.181. The van der Waals surface area contributed by atoms with E-state index >= 15 is 0 Å². The molecule has 1 fully saturated rings. The van der Waals surface area contributed by atoms with Gasteiger partial charge in [0.05, 0.1) is 5.75 Å². The van der Waals surface area contributed by atoms with Gasteiger partial charge >= 0.3 is 12.1 Å². The van der Waals surface area contributed by atoms with Gasteiger partial charge in [-0.2, -0.15) is 13.2 Å². The Hall–Kier alpha value is -1.12. The van der Waals surface area contributed by atoms with Gasteiger partial charge in [0.1, 0.15) is 0 Å². The molecule has 94 valence electrons. The van der Waals surface area contributed by atoms with Crippen molar-refractivity contribution in [3.05, 3.63) is 0 Å². The van der Waals surface area contributed by atoms with Crippen LogP contribution >= 0.6 is 0 Å². The summed E-state index contributed by atoms with van der Waals surface area (Å²) in [5, 5.41) is 9.88. The predicted molar refractivity (Wildman–Crippen MR) is 52.2 cm³/mol. The number of halogens is 3. The fourth-order valence-electron chi connectivity index (χ4n) is 0.739. The summed E-state index contributed by atoms with van der Waals surface area (Å²) in [6, 6.07) is 0. The van der Waals surface area contributed by atoms with Gasteiger partial charge in [-0.05, 0) is 0 Å². The first kappa shape index (κ1) is 14.9. The first-order valence-electron chi connectivity index (χ1n) is 4.11. The van der Waals surface area contributed by atoms with Crippen molar-refractivity contribution < 1.29 is 27.9 Å². The van der Waals surface area contributed by atoms with Gasteiger partial charge in [-0.15, -0.1) is 0 Å². The highest BCUT2D eigenvalue weighted by Gasteiger charge is 2.38. The van der Waals surface area contributed by atoms with Gasteiger partial charge in [-0.1, -0.05) is 10.7 Å². The number of carboxylic acid groups (broad SMARTS) is 1. The van der Waals surface area contributed by atoms with Crippen LogP contribution in [0.15, 0.2) is 4.36 Å². The number of hydrogen-bond acceptors (Lipinski definition) is 3. The summed E-state index contributed by atoms with van der Waals surface area (Å²) >= 11 is 0. The fourth-order valence-corrected chi connectivity index (χ4v) is 1.94. The Morgan fingerprint density at radius 2 is 2.06 bits per heavy atom. The van der Waals surface area contributed by atoms with E-state index in [1.807, 2.05) is 0 Å². The van der Waals surface area contributed by atoms with Crippen molar-refractivity contribution in [2.45, 2.75) is 6.18 Å². The van der Waals surface area contributed by atoms with Crippen molar-refractivity contribution in [2.75, 3.05) is 25.1 Å². The van der Waals surface area contributed by atoms with Crippen LogP contribution in [0.2, 0.25) is 0 Å². The molecule has 1 unspecified atom stereocenters. The third kappa shape index (κ3) is 6.38. The second-order valence-corrected chi connectivity index (χ2v) is 4.63. The van der Waals surface area contributed by atoms with Gasteiger partial charge in [-0.3, -0.25) is 9.16 Å². The molecule has 1 aliphatic rings. The number of carboxylic acids is 1. The molecule has 0 aromatic heterocycles. The Balaban J connectivity index is 0.000000293. The number of hydrogen-bond donors (Lipinski definition) is 2. The molecule has 0 aromatic rings. The quantitative estimate of drug-likeness (QED) is 0.652. The molecule has 5 nitrogen and oxygen atoms in total. The maximum absolute atomic E-state index is 10.7. The average molecular weight is 260 g/mol. The molecule has 1 saturated heterocycles. The summed E-state index contributed by atoms with van der Waals surface area (Å²) < 4.78 is 35.8. The Morgan fingerprint density at radius 1 is 1.56 bits per heavy atom. The van der Waals surface area contributed by atoms with E-state index in [0.717, 1.165) is 12.3 Å². The zero-order chi connectivity index (χ0) is 12.8. The molecule has 0 bridgehead atoms. The Morgan fingerprint density at radius 3 is 2.31 bits per heavy atom. The zero-order valence-corrected chi connectivity index (χ0v) is 9.19. The van der Waals surface area contributed by atoms with Crippen molar-refractivity contribution in [1.29, 1.82) is 0 Å². The lowest BCUT2D eigenvalue weighted by atomic mass is 10.6. The van der Waals surface area contributed by atoms with E-state index in [4.69, 9.17) is 9.90 Å². The van der Waals surface area contributed by atoms with Gasteiger partial charge in [0.25, 0.3) is 0 Å². The Kier molecular flexibility index (Phi) is 6.01. The summed E-state index contributed by atoms with van der Waals surface area (Å²) in [4.78, 5) is 19.6. The second-order valence-electron chi connectivity index (χ2n) is 2.65. The van der Waals surface area contributed by atoms with Crippen molar-refractivity contribution in [3.63, 3.8) is 0 Å². The number of nitrogens with zero attached hydrogens (tertiary/aromatic N) is 1. The van der Waals surface area contributed by atoms with Crippen LogP contribution in [0.4, 0.5) is 13.2 Å². The minimum Gasteiger partial charge on any atom is -0.475 e. The largest absolute Gasteiger partial charge is 0.490 e. The minimum atomic E-state index is -5.08. The van der Waals surface area contributed by atoms with Gasteiger partial charge in [0, 0.05) is 19.3 Å². The van der Waals surface area contributed by atoms with Crippen LogP contribution < -0.4 is 5.32 Å². The summed E-state index contributed by atoms with van der Waals surface area (Å²) in [6.07, 6.45) is -5.08. The number of rotatable bonds is 0. The number of alkyl halides is 3. The van der Waals surface area contributed by atoms with E-state index in [9.17, 15) is 18.0 Å². The highest BCUT2D eigenvalue weighted by molar-refractivity contribution is 7.88. The van der Waals surface area contributed by atoms with Gasteiger partial charge in [0.2, 0.25) is 5.91 Å². The molecule has 1 rings (SSSR count). The SMILES string of the molecule is C/N=S1\CCNC(=O)C1.O=C(O)C(F)(F)F. The summed E-state index contributed by atoms with van der Waals surface area (Å²) in [7, 11) is 1.81. The summed E-state index contributed by atoms with van der Waals surface area (Å²) in [6.45, 7) is 0.805. The first-order chi connectivity index (χ1) is 7.27. The van der Waals surface area contributed by atoms with Crippen LogP contribution in [0, 0.1) is 0 Å². The first-order valence-corrected chi connectivity index (χ1v) is 5.63. The monoisotopic (exact) mass is 260 g/mol. The maximum atomic E-state index is 10.7. The number of aliphatic carboxylic acids is 1. The van der Waals surface area contributed by atoms with Crippen LogP contribution in [-0.4, -0.2) is 48.3 Å². The van der Waals surface area contributed by atoms with Crippen molar-refractivity contribution in [2.24, 2.45) is 4.36 Å². The lowest BCUT2D eigenvalue weighted by Crippen LogP contribution is -2.38. The molecule has 0 spiro atoms. The van der Waals surface area contributed by atoms with E-state index in [1.165, 1.54) is 0 Å². The summed E-state index contributed by atoms with van der Waals surface area (Å²) in [5.74, 6) is -0.971.